The molecule has 2 rings (SSSR count). The van der Waals surface area contributed by atoms with Gasteiger partial charge in [-0.1, -0.05) is 6.92 Å². The number of carboxylic acids is 1. The molecule has 3 N–H and O–H groups in total. The molecule has 0 spiro atoms. The highest BCUT2D eigenvalue weighted by molar-refractivity contribution is 5.80. The molecule has 1 aliphatic rings. The summed E-state index contributed by atoms with van der Waals surface area (Å²) in [5.41, 5.74) is 0.174. The Hall–Kier alpha value is -1.36. The minimum Gasteiger partial charge on any atom is -0.479 e. The first-order valence-electron chi connectivity index (χ1n) is 5.12. The van der Waals surface area contributed by atoms with E-state index in [-0.39, 0.29) is 6.42 Å². The van der Waals surface area contributed by atoms with Gasteiger partial charge in [-0.15, -0.1) is 0 Å². The number of carboxylic acid groups (broad SMARTS) is 1. The van der Waals surface area contributed by atoms with Gasteiger partial charge in [0.15, 0.2) is 5.60 Å². The van der Waals surface area contributed by atoms with E-state index in [9.17, 15) is 9.90 Å². The van der Waals surface area contributed by atoms with Crippen LogP contribution >= 0.6 is 0 Å². The Kier molecular flexibility index (Phi) is 2.26. The number of hydrogen-bond donors (Lipinski definition) is 3. The number of nitrogens with one attached hydrogen (secondary N) is 1. The lowest BCUT2D eigenvalue weighted by atomic mass is 9.81. The summed E-state index contributed by atoms with van der Waals surface area (Å²) in [6.45, 7) is 1.90. The molecule has 0 aromatic carbocycles. The van der Waals surface area contributed by atoms with Crippen LogP contribution in [0, 0.1) is 0 Å². The van der Waals surface area contributed by atoms with Crippen molar-refractivity contribution >= 4 is 5.97 Å². The molecular weight excluding hydrogens is 196 g/mol. The Morgan fingerprint density at radius 1 is 1.67 bits per heavy atom. The minimum atomic E-state index is -1.74. The van der Waals surface area contributed by atoms with Gasteiger partial charge in [0.1, 0.15) is 0 Å². The van der Waals surface area contributed by atoms with Crippen molar-refractivity contribution in [2.45, 2.75) is 38.2 Å². The monoisotopic (exact) mass is 210 g/mol. The maximum absolute atomic E-state index is 11.1. The van der Waals surface area contributed by atoms with Crippen molar-refractivity contribution in [3.8, 4) is 0 Å². The van der Waals surface area contributed by atoms with Crippen LogP contribution in [0.1, 0.15) is 36.7 Å². The number of aryl methyl sites for hydroxylation is 2. The van der Waals surface area contributed by atoms with Crippen molar-refractivity contribution in [3.05, 3.63) is 17.0 Å². The van der Waals surface area contributed by atoms with E-state index in [4.69, 9.17) is 5.11 Å². The largest absolute Gasteiger partial charge is 0.479 e. The average Bonchev–Trinajstić information content (AvgIpc) is 2.62. The highest BCUT2D eigenvalue weighted by Crippen LogP contribution is 2.36. The standard InChI is InChI=1S/C10H14N2O3/c1-2-6-8-7(12-11-6)4-3-5-10(8,15)9(13)14/h15H,2-5H2,1H3,(H,11,12)(H,13,14). The zero-order chi connectivity index (χ0) is 11.1. The molecule has 0 bridgehead atoms. The van der Waals surface area contributed by atoms with E-state index < -0.39 is 11.6 Å². The van der Waals surface area contributed by atoms with E-state index in [1.807, 2.05) is 6.92 Å². The summed E-state index contributed by atoms with van der Waals surface area (Å²) in [7, 11) is 0. The summed E-state index contributed by atoms with van der Waals surface area (Å²) in [6.07, 6.45) is 2.32. The molecule has 0 fully saturated rings. The molecule has 5 heteroatoms. The van der Waals surface area contributed by atoms with E-state index in [1.165, 1.54) is 0 Å². The number of fused-ring (bicyclic) bond motifs is 1. The summed E-state index contributed by atoms with van der Waals surface area (Å²) in [4.78, 5) is 11.1. The van der Waals surface area contributed by atoms with Crippen LogP contribution in [0.5, 0.6) is 0 Å². The quantitative estimate of drug-likeness (QED) is 0.666. The van der Waals surface area contributed by atoms with Crippen molar-refractivity contribution in [1.82, 2.24) is 10.2 Å². The lowest BCUT2D eigenvalue weighted by molar-refractivity contribution is -0.161. The van der Waals surface area contributed by atoms with E-state index in [2.05, 4.69) is 10.2 Å². The second kappa shape index (κ2) is 3.34. The highest BCUT2D eigenvalue weighted by atomic mass is 16.4. The number of H-pyrrole nitrogens is 1. The van der Waals surface area contributed by atoms with E-state index in [1.54, 1.807) is 0 Å². The summed E-state index contributed by atoms with van der Waals surface area (Å²) in [5.74, 6) is -1.18. The number of nitrogens with zero attached hydrogens (tertiary/aromatic N) is 1. The maximum Gasteiger partial charge on any atom is 0.340 e. The molecule has 1 aromatic heterocycles. The van der Waals surface area contributed by atoms with Crippen LogP contribution in [0.15, 0.2) is 0 Å². The van der Waals surface area contributed by atoms with Crippen LogP contribution in [-0.2, 0) is 23.2 Å². The summed E-state index contributed by atoms with van der Waals surface area (Å²) in [5, 5.41) is 26.1. The van der Waals surface area contributed by atoms with E-state index in [0.29, 0.717) is 24.1 Å². The molecule has 0 amide bonds. The van der Waals surface area contributed by atoms with Crippen LogP contribution in [-0.4, -0.2) is 26.4 Å². The maximum atomic E-state index is 11.1. The first kappa shape index (κ1) is 10.2. The fraction of sp³-hybridized carbons (Fsp3) is 0.600. The lowest BCUT2D eigenvalue weighted by Gasteiger charge is -2.28. The van der Waals surface area contributed by atoms with Crippen molar-refractivity contribution < 1.29 is 15.0 Å². The normalized spacial score (nSPS) is 24.9. The third-order valence-electron chi connectivity index (χ3n) is 2.98. The SMILES string of the molecule is CCc1n[nH]c2c1C(O)(C(=O)O)CCC2. The fourth-order valence-corrected chi connectivity index (χ4v) is 2.21. The van der Waals surface area contributed by atoms with E-state index in [0.717, 1.165) is 12.1 Å². The third-order valence-corrected chi connectivity index (χ3v) is 2.98. The summed E-state index contributed by atoms with van der Waals surface area (Å²) < 4.78 is 0. The van der Waals surface area contributed by atoms with Crippen molar-refractivity contribution in [2.75, 3.05) is 0 Å². The predicted octanol–water partition coefficient (Wildman–Crippen LogP) is 0.581. The second-order valence-corrected chi connectivity index (χ2v) is 3.90. The topological polar surface area (TPSA) is 86.2 Å². The van der Waals surface area contributed by atoms with Gasteiger partial charge in [0.25, 0.3) is 0 Å². The fourth-order valence-electron chi connectivity index (χ4n) is 2.21. The molecule has 1 aliphatic carbocycles. The molecule has 0 aliphatic heterocycles. The smallest absolute Gasteiger partial charge is 0.340 e. The highest BCUT2D eigenvalue weighted by Gasteiger charge is 2.44. The Morgan fingerprint density at radius 2 is 2.40 bits per heavy atom. The number of aliphatic carboxylic acids is 1. The second-order valence-electron chi connectivity index (χ2n) is 3.90. The predicted molar refractivity (Wildman–Crippen MR) is 52.4 cm³/mol. The van der Waals surface area contributed by atoms with Gasteiger partial charge in [-0.2, -0.15) is 5.10 Å². The number of rotatable bonds is 2. The Balaban J connectivity index is 2.57. The van der Waals surface area contributed by atoms with Crippen molar-refractivity contribution in [3.63, 3.8) is 0 Å². The molecule has 1 aromatic rings. The van der Waals surface area contributed by atoms with E-state index >= 15 is 0 Å². The number of carbonyl (C=O) groups is 1. The van der Waals surface area contributed by atoms with Gasteiger partial charge < -0.3 is 10.2 Å². The Labute approximate surface area is 87.1 Å². The van der Waals surface area contributed by atoms with Crippen molar-refractivity contribution in [1.29, 1.82) is 0 Å². The van der Waals surface area contributed by atoms with Crippen LogP contribution in [0.25, 0.3) is 0 Å². The minimum absolute atomic E-state index is 0.266. The molecule has 1 heterocycles. The zero-order valence-corrected chi connectivity index (χ0v) is 8.58. The zero-order valence-electron chi connectivity index (χ0n) is 8.58. The molecule has 1 unspecified atom stereocenters. The van der Waals surface area contributed by atoms with Gasteiger partial charge in [-0.05, 0) is 25.7 Å². The molecule has 0 radical (unpaired) electrons. The Bertz CT molecular complexity index is 386. The first-order valence-corrected chi connectivity index (χ1v) is 5.12. The molecule has 0 saturated carbocycles. The van der Waals surface area contributed by atoms with Gasteiger partial charge in [-0.3, -0.25) is 5.10 Å². The lowest BCUT2D eigenvalue weighted by Crippen LogP contribution is -2.39. The molecular formula is C10H14N2O3. The number of hydrogen-bond acceptors (Lipinski definition) is 3. The van der Waals surface area contributed by atoms with Gasteiger partial charge in [0, 0.05) is 11.3 Å². The first-order chi connectivity index (χ1) is 7.09. The number of aromatic nitrogens is 2. The number of aliphatic hydroxyl groups is 1. The molecule has 82 valence electrons. The van der Waals surface area contributed by atoms with Crippen LogP contribution in [0.3, 0.4) is 0 Å². The van der Waals surface area contributed by atoms with Gasteiger partial charge in [0.05, 0.1) is 5.69 Å². The molecule has 15 heavy (non-hydrogen) atoms. The van der Waals surface area contributed by atoms with Gasteiger partial charge in [0.2, 0.25) is 0 Å². The van der Waals surface area contributed by atoms with Crippen LogP contribution < -0.4 is 0 Å². The molecule has 1 atom stereocenters. The number of aromatic amines is 1. The molecule has 0 saturated heterocycles. The Morgan fingerprint density at radius 3 is 3.00 bits per heavy atom. The summed E-state index contributed by atoms with van der Waals surface area (Å²) in [6, 6.07) is 0. The molecule has 5 nitrogen and oxygen atoms in total. The van der Waals surface area contributed by atoms with Gasteiger partial charge in [-0.25, -0.2) is 4.79 Å². The van der Waals surface area contributed by atoms with Crippen LogP contribution in [0.2, 0.25) is 0 Å². The third kappa shape index (κ3) is 1.34. The van der Waals surface area contributed by atoms with Crippen LogP contribution in [0.4, 0.5) is 0 Å². The average molecular weight is 210 g/mol. The van der Waals surface area contributed by atoms with Gasteiger partial charge >= 0.3 is 5.97 Å². The summed E-state index contributed by atoms with van der Waals surface area (Å²) >= 11 is 0. The van der Waals surface area contributed by atoms with Crippen molar-refractivity contribution in [2.24, 2.45) is 0 Å².